The first-order chi connectivity index (χ1) is 18.2. The summed E-state index contributed by atoms with van der Waals surface area (Å²) in [6, 6.07) is 7.45. The van der Waals surface area contributed by atoms with E-state index in [-0.39, 0.29) is 13.2 Å². The Bertz CT molecular complexity index is 718. The molecule has 7 nitrogen and oxygen atoms in total. The Balaban J connectivity index is 2.42. The third-order valence-corrected chi connectivity index (χ3v) is 6.68. The van der Waals surface area contributed by atoms with E-state index in [4.69, 9.17) is 14.3 Å². The van der Waals surface area contributed by atoms with Crippen LogP contribution >= 0.6 is 0 Å². The third kappa shape index (κ3) is 16.3. The molecule has 38 heavy (non-hydrogen) atoms. The van der Waals surface area contributed by atoms with E-state index in [1.165, 1.54) is 57.8 Å². The molecule has 0 radical (unpaired) electrons. The van der Waals surface area contributed by atoms with Crippen LogP contribution in [-0.2, 0) is 21.0 Å². The van der Waals surface area contributed by atoms with Crippen LogP contribution in [-0.4, -0.2) is 47.6 Å². The van der Waals surface area contributed by atoms with Crippen molar-refractivity contribution in [2.75, 3.05) is 13.7 Å². The van der Waals surface area contributed by atoms with Gasteiger partial charge in [-0.15, -0.1) is 0 Å². The summed E-state index contributed by atoms with van der Waals surface area (Å²) in [5.41, 5.74) is 2.77. The number of benzene rings is 1. The van der Waals surface area contributed by atoms with Gasteiger partial charge >= 0.3 is 0 Å². The number of hydroxylamine groups is 1. The fourth-order valence-corrected chi connectivity index (χ4v) is 4.27. The topological polar surface area (TPSA) is 97.3 Å². The maximum atomic E-state index is 12.8. The van der Waals surface area contributed by atoms with E-state index in [2.05, 4.69) is 12.4 Å². The Morgan fingerprint density at radius 3 is 1.89 bits per heavy atom. The van der Waals surface area contributed by atoms with Gasteiger partial charge in [-0.1, -0.05) is 96.1 Å². The number of methoxy groups -OCH3 is 1. The molecule has 0 aliphatic carbocycles. The molecule has 3 N–H and O–H groups in total. The Labute approximate surface area is 231 Å². The molecule has 7 heteroatoms. The van der Waals surface area contributed by atoms with E-state index in [9.17, 15) is 15.0 Å². The highest BCUT2D eigenvalue weighted by atomic mass is 16.7. The average Bonchev–Trinajstić information content (AvgIpc) is 2.89. The lowest BCUT2D eigenvalue weighted by Gasteiger charge is -2.27. The number of hydrogen-bond donors (Lipinski definition) is 3. The van der Waals surface area contributed by atoms with Gasteiger partial charge in [0.05, 0.1) is 44.1 Å². The van der Waals surface area contributed by atoms with Crippen LogP contribution in [0.15, 0.2) is 24.3 Å². The molecule has 0 fully saturated rings. The van der Waals surface area contributed by atoms with Crippen LogP contribution < -0.4 is 10.2 Å². The number of ether oxygens (including phenoxy) is 2. The molecule has 220 valence electrons. The molecule has 0 saturated carbocycles. The molecule has 0 aliphatic heterocycles. The van der Waals surface area contributed by atoms with Crippen LogP contribution in [0.4, 0.5) is 0 Å². The largest absolute Gasteiger partial charge is 0.497 e. The third-order valence-electron chi connectivity index (χ3n) is 6.68. The Hall–Kier alpha value is -1.67. The Morgan fingerprint density at radius 1 is 0.868 bits per heavy atom. The van der Waals surface area contributed by atoms with E-state index in [1.807, 2.05) is 45.0 Å². The van der Waals surface area contributed by atoms with Crippen LogP contribution in [0.2, 0.25) is 0 Å². The Morgan fingerprint density at radius 2 is 1.39 bits per heavy atom. The summed E-state index contributed by atoms with van der Waals surface area (Å²) in [5, 5.41) is 21.5. The predicted octanol–water partition coefficient (Wildman–Crippen LogP) is 6.49. The van der Waals surface area contributed by atoms with Gasteiger partial charge in [0.2, 0.25) is 0 Å². The molecule has 0 spiro atoms. The number of nitrogens with one attached hydrogen (secondary N) is 1. The molecule has 1 aromatic rings. The normalized spacial score (nSPS) is 14.2. The predicted molar refractivity (Wildman–Crippen MR) is 153 cm³/mol. The smallest absolute Gasteiger partial charge is 0.251 e. The lowest BCUT2D eigenvalue weighted by molar-refractivity contribution is -0.159. The second kappa shape index (κ2) is 20.3. The molecule has 0 aromatic heterocycles. The number of aliphatic hydroxyl groups excluding tert-OH is 2. The summed E-state index contributed by atoms with van der Waals surface area (Å²) in [5.74, 6) is -0.708. The van der Waals surface area contributed by atoms with Gasteiger partial charge in [-0.3, -0.25) is 9.63 Å². The SMILES string of the molecule is CCCCCCCCCCCCCC[C@H](O)[C@@H](O)[C@H](COCc1ccc(OC)cc1)C(=O)NOC(C)(C)C. The number of unbranched alkanes of at least 4 members (excludes halogenated alkanes) is 11. The molecule has 1 amide bonds. The average molecular weight is 538 g/mol. The van der Waals surface area contributed by atoms with Gasteiger partial charge < -0.3 is 19.7 Å². The highest BCUT2D eigenvalue weighted by molar-refractivity contribution is 5.78. The van der Waals surface area contributed by atoms with Gasteiger partial charge in [-0.05, 0) is 44.9 Å². The minimum atomic E-state index is -1.25. The van der Waals surface area contributed by atoms with Crippen molar-refractivity contribution in [3.8, 4) is 5.75 Å². The summed E-state index contributed by atoms with van der Waals surface area (Å²) in [6.07, 6.45) is 13.0. The minimum Gasteiger partial charge on any atom is -0.497 e. The highest BCUT2D eigenvalue weighted by Crippen LogP contribution is 2.19. The molecule has 1 aromatic carbocycles. The quantitative estimate of drug-likeness (QED) is 0.116. The summed E-state index contributed by atoms with van der Waals surface area (Å²) in [7, 11) is 1.61. The maximum Gasteiger partial charge on any atom is 0.251 e. The molecule has 0 aliphatic rings. The van der Waals surface area contributed by atoms with Crippen LogP contribution in [0.25, 0.3) is 0 Å². The van der Waals surface area contributed by atoms with Gasteiger partial charge in [-0.25, -0.2) is 5.48 Å². The highest BCUT2D eigenvalue weighted by Gasteiger charge is 2.33. The number of carbonyl (C=O) groups is 1. The number of amides is 1. The van der Waals surface area contributed by atoms with Crippen LogP contribution in [0.3, 0.4) is 0 Å². The molecule has 0 heterocycles. The first kappa shape index (κ1) is 34.4. The van der Waals surface area contributed by atoms with E-state index >= 15 is 0 Å². The van der Waals surface area contributed by atoms with Gasteiger partial charge in [0.1, 0.15) is 5.75 Å². The van der Waals surface area contributed by atoms with Crippen LogP contribution in [0.5, 0.6) is 5.75 Å². The van der Waals surface area contributed by atoms with Crippen molar-refractivity contribution in [3.05, 3.63) is 29.8 Å². The Kier molecular flexibility index (Phi) is 18.3. The van der Waals surface area contributed by atoms with Gasteiger partial charge in [-0.2, -0.15) is 0 Å². The lowest BCUT2D eigenvalue weighted by Crippen LogP contribution is -2.47. The molecule has 0 saturated heterocycles. The number of carbonyl (C=O) groups excluding carboxylic acids is 1. The molecular weight excluding hydrogens is 482 g/mol. The number of hydrogen-bond acceptors (Lipinski definition) is 6. The van der Waals surface area contributed by atoms with E-state index in [0.717, 1.165) is 30.6 Å². The van der Waals surface area contributed by atoms with Gasteiger partial charge in [0, 0.05) is 0 Å². The zero-order valence-electron chi connectivity index (χ0n) is 24.7. The first-order valence-corrected chi connectivity index (χ1v) is 14.7. The summed E-state index contributed by atoms with van der Waals surface area (Å²) in [4.78, 5) is 18.2. The van der Waals surface area contributed by atoms with Crippen molar-refractivity contribution < 1.29 is 29.3 Å². The van der Waals surface area contributed by atoms with Crippen molar-refractivity contribution in [3.63, 3.8) is 0 Å². The summed E-state index contributed by atoms with van der Waals surface area (Å²) >= 11 is 0. The van der Waals surface area contributed by atoms with Crippen molar-refractivity contribution in [1.82, 2.24) is 5.48 Å². The zero-order valence-corrected chi connectivity index (χ0v) is 24.7. The summed E-state index contributed by atoms with van der Waals surface area (Å²) < 4.78 is 10.9. The molecule has 1 rings (SSSR count). The molecular formula is C31H55NO6. The standard InChI is InChI=1S/C31H55NO6/c1-6-7-8-9-10-11-12-13-14-15-16-17-18-28(33)29(34)27(30(35)32-38-31(2,3)4)24-37-23-25-19-21-26(36-5)22-20-25/h19-22,27-29,33-34H,6-18,23-24H2,1-5H3,(H,32,35)/t27-,28-,29-/m0/s1. The second-order valence-corrected chi connectivity index (χ2v) is 11.4. The van der Waals surface area contributed by atoms with Crippen molar-refractivity contribution >= 4 is 5.91 Å². The van der Waals surface area contributed by atoms with Crippen LogP contribution in [0, 0.1) is 5.92 Å². The van der Waals surface area contributed by atoms with Crippen molar-refractivity contribution in [2.24, 2.45) is 5.92 Å². The second-order valence-electron chi connectivity index (χ2n) is 11.4. The van der Waals surface area contributed by atoms with Gasteiger partial charge in [0.25, 0.3) is 5.91 Å². The fourth-order valence-electron chi connectivity index (χ4n) is 4.27. The van der Waals surface area contributed by atoms with E-state index < -0.39 is 29.6 Å². The zero-order chi connectivity index (χ0) is 28.2. The van der Waals surface area contributed by atoms with Crippen molar-refractivity contribution in [1.29, 1.82) is 0 Å². The first-order valence-electron chi connectivity index (χ1n) is 14.7. The molecule has 0 bridgehead atoms. The van der Waals surface area contributed by atoms with E-state index in [0.29, 0.717) is 6.42 Å². The molecule has 0 unspecified atom stereocenters. The number of rotatable bonds is 22. The van der Waals surface area contributed by atoms with E-state index in [1.54, 1.807) is 7.11 Å². The van der Waals surface area contributed by atoms with Crippen molar-refractivity contribution in [2.45, 2.75) is 136 Å². The van der Waals surface area contributed by atoms with Gasteiger partial charge in [0.15, 0.2) is 0 Å². The maximum absolute atomic E-state index is 12.8. The lowest BCUT2D eigenvalue weighted by atomic mass is 9.94. The fraction of sp³-hybridized carbons (Fsp3) is 0.774. The number of aliphatic hydroxyl groups is 2. The van der Waals surface area contributed by atoms with Crippen LogP contribution in [0.1, 0.15) is 117 Å². The molecule has 3 atom stereocenters. The monoisotopic (exact) mass is 537 g/mol. The summed E-state index contributed by atoms with van der Waals surface area (Å²) in [6.45, 7) is 7.94. The minimum absolute atomic E-state index is 0.0396.